The molecule has 1 aliphatic carbocycles. The fourth-order valence-electron chi connectivity index (χ4n) is 7.68. The number of nitrogens with zero attached hydrogens (tertiary/aromatic N) is 2. The second kappa shape index (κ2) is 11.7. The third kappa shape index (κ3) is 5.96. The first-order valence-electron chi connectivity index (χ1n) is 16.7. The third-order valence-electron chi connectivity index (χ3n) is 11.1. The van der Waals surface area contributed by atoms with Gasteiger partial charge in [0.15, 0.2) is 8.32 Å². The summed E-state index contributed by atoms with van der Waals surface area (Å²) in [4.78, 5) is 5.52. The Labute approximate surface area is 272 Å². The molecule has 2 aromatic rings. The van der Waals surface area contributed by atoms with Crippen LogP contribution in [0.2, 0.25) is 18.1 Å². The SMILES string of the molecule is CC1(C)Cc2nc(C3CCOCC3)c3c(c2C(O[Si](C)(C)C(C)(C)C)C1)C1(CCOCC1)O[C@@H]3c1ccc(C(F)(F)F)c(C#N)c1. The van der Waals surface area contributed by atoms with E-state index in [2.05, 4.69) is 47.7 Å². The van der Waals surface area contributed by atoms with Crippen molar-refractivity contribution >= 4 is 8.32 Å². The lowest BCUT2D eigenvalue weighted by molar-refractivity contribution is -0.138. The largest absolute Gasteiger partial charge is 0.417 e. The maximum atomic E-state index is 13.9. The Morgan fingerprint density at radius 1 is 1.00 bits per heavy atom. The van der Waals surface area contributed by atoms with Crippen LogP contribution in [0.1, 0.15) is 130 Å². The van der Waals surface area contributed by atoms with Crippen LogP contribution in [0.3, 0.4) is 0 Å². The highest BCUT2D eigenvalue weighted by Crippen LogP contribution is 2.59. The van der Waals surface area contributed by atoms with Gasteiger partial charge in [-0.3, -0.25) is 4.98 Å². The molecule has 6 rings (SSSR count). The molecule has 0 saturated carbocycles. The monoisotopic (exact) mass is 656 g/mol. The van der Waals surface area contributed by atoms with E-state index in [1.165, 1.54) is 12.1 Å². The van der Waals surface area contributed by atoms with Gasteiger partial charge in [-0.25, -0.2) is 0 Å². The summed E-state index contributed by atoms with van der Waals surface area (Å²) in [5, 5.41) is 9.81. The van der Waals surface area contributed by atoms with Gasteiger partial charge in [0.1, 0.15) is 6.10 Å². The van der Waals surface area contributed by atoms with Crippen molar-refractivity contribution in [3.05, 3.63) is 63.0 Å². The third-order valence-corrected chi connectivity index (χ3v) is 15.6. The summed E-state index contributed by atoms with van der Waals surface area (Å²) in [6.45, 7) is 18.2. The molecule has 0 bridgehead atoms. The first-order valence-corrected chi connectivity index (χ1v) is 19.6. The van der Waals surface area contributed by atoms with Gasteiger partial charge in [-0.2, -0.15) is 18.4 Å². The zero-order valence-electron chi connectivity index (χ0n) is 28.2. The first kappa shape index (κ1) is 33.6. The fourth-order valence-corrected chi connectivity index (χ4v) is 8.94. The predicted molar refractivity (Wildman–Crippen MR) is 171 cm³/mol. The summed E-state index contributed by atoms with van der Waals surface area (Å²) in [6.07, 6.45) is -0.961. The highest BCUT2D eigenvalue weighted by Gasteiger charge is 2.54. The van der Waals surface area contributed by atoms with E-state index in [9.17, 15) is 18.4 Å². The lowest BCUT2D eigenvalue weighted by Gasteiger charge is -2.46. The molecule has 0 N–H and O–H groups in total. The molecule has 6 nitrogen and oxygen atoms in total. The molecular formula is C36H47F3N2O4Si. The average Bonchev–Trinajstić information content (AvgIpc) is 3.29. The molecule has 1 unspecified atom stereocenters. The van der Waals surface area contributed by atoms with Crippen molar-refractivity contribution in [1.29, 1.82) is 5.26 Å². The van der Waals surface area contributed by atoms with Gasteiger partial charge in [-0.15, -0.1) is 0 Å². The molecule has 3 aliphatic heterocycles. The van der Waals surface area contributed by atoms with E-state index in [-0.39, 0.29) is 22.5 Å². The number of hydrogen-bond donors (Lipinski definition) is 0. The molecule has 0 amide bonds. The van der Waals surface area contributed by atoms with Crippen LogP contribution >= 0.6 is 0 Å². The number of aromatic nitrogens is 1. The number of halogens is 3. The van der Waals surface area contributed by atoms with Crippen molar-refractivity contribution in [2.75, 3.05) is 26.4 Å². The highest BCUT2D eigenvalue weighted by atomic mass is 28.4. The van der Waals surface area contributed by atoms with Crippen LogP contribution in [0.4, 0.5) is 13.2 Å². The molecule has 10 heteroatoms. The Kier molecular flexibility index (Phi) is 8.54. The molecule has 1 spiro atoms. The van der Waals surface area contributed by atoms with E-state index >= 15 is 0 Å². The van der Waals surface area contributed by atoms with Crippen LogP contribution in [-0.2, 0) is 36.8 Å². The predicted octanol–water partition coefficient (Wildman–Crippen LogP) is 9.03. The summed E-state index contributed by atoms with van der Waals surface area (Å²) in [5.74, 6) is 0.128. The van der Waals surface area contributed by atoms with Crippen molar-refractivity contribution in [2.45, 2.75) is 121 Å². The second-order valence-corrected chi connectivity index (χ2v) is 20.7. The molecule has 2 atom stereocenters. The number of pyridine rings is 1. The topological polar surface area (TPSA) is 73.6 Å². The summed E-state index contributed by atoms with van der Waals surface area (Å²) in [5.41, 5.74) is 3.69. The number of fused-ring (bicyclic) bond motifs is 4. The Hall–Kier alpha value is -2.29. The van der Waals surface area contributed by atoms with Gasteiger partial charge < -0.3 is 18.6 Å². The van der Waals surface area contributed by atoms with Gasteiger partial charge >= 0.3 is 6.18 Å². The smallest absolute Gasteiger partial charge is 0.410 e. The van der Waals surface area contributed by atoms with Crippen molar-refractivity contribution in [3.8, 4) is 6.07 Å². The zero-order valence-corrected chi connectivity index (χ0v) is 29.2. The zero-order chi connectivity index (χ0) is 33.3. The number of nitriles is 1. The van der Waals surface area contributed by atoms with E-state index in [1.54, 1.807) is 6.07 Å². The number of ether oxygens (including phenoxy) is 3. The molecule has 46 heavy (non-hydrogen) atoms. The maximum absolute atomic E-state index is 13.9. The molecule has 2 fully saturated rings. The standard InChI is InChI=1S/C36H47F3N2O4Si/c1-33(2,3)46(6,7)45-27-20-34(4,5)19-26-28(27)30-29(31(41-26)22-10-14-42-15-11-22)32(44-35(30)12-16-43-17-13-35)23-8-9-25(36(37,38)39)24(18-23)21-40/h8-9,18,22,27,32H,10-17,19-20H2,1-7H3/t27?,32-/m1/s1. The second-order valence-electron chi connectivity index (χ2n) is 16.0. The molecule has 4 aliphatic rings. The lowest BCUT2D eigenvalue weighted by atomic mass is 9.69. The Morgan fingerprint density at radius 2 is 1.65 bits per heavy atom. The van der Waals surface area contributed by atoms with Crippen molar-refractivity contribution in [3.63, 3.8) is 0 Å². The Morgan fingerprint density at radius 3 is 2.26 bits per heavy atom. The molecule has 250 valence electrons. The quantitative estimate of drug-likeness (QED) is 0.306. The summed E-state index contributed by atoms with van der Waals surface area (Å²) < 4.78 is 67.7. The van der Waals surface area contributed by atoms with Crippen molar-refractivity contribution in [2.24, 2.45) is 5.41 Å². The van der Waals surface area contributed by atoms with Crippen LogP contribution in [0.15, 0.2) is 18.2 Å². The number of alkyl halides is 3. The van der Waals surface area contributed by atoms with Crippen LogP contribution in [-0.4, -0.2) is 39.7 Å². The number of hydrogen-bond acceptors (Lipinski definition) is 6. The minimum absolute atomic E-state index is 0.00326. The van der Waals surface area contributed by atoms with Crippen LogP contribution in [0.25, 0.3) is 0 Å². The number of benzene rings is 1. The minimum Gasteiger partial charge on any atom is -0.410 e. The van der Waals surface area contributed by atoms with Gasteiger partial charge in [-0.05, 0) is 72.5 Å². The molecular weight excluding hydrogens is 609 g/mol. The molecule has 0 radical (unpaired) electrons. The van der Waals surface area contributed by atoms with Crippen molar-refractivity contribution < 1.29 is 31.8 Å². The minimum atomic E-state index is -4.63. The lowest BCUT2D eigenvalue weighted by Crippen LogP contribution is -2.45. The van der Waals surface area contributed by atoms with E-state index in [0.29, 0.717) is 44.8 Å². The van der Waals surface area contributed by atoms with Crippen LogP contribution < -0.4 is 0 Å². The van der Waals surface area contributed by atoms with E-state index in [1.807, 2.05) is 0 Å². The Bertz CT molecular complexity index is 1530. The fraction of sp³-hybridized carbons (Fsp3) is 0.667. The summed E-state index contributed by atoms with van der Waals surface area (Å²) in [7, 11) is -2.23. The van der Waals surface area contributed by atoms with E-state index < -0.39 is 37.3 Å². The normalized spacial score (nSPS) is 24.8. The summed E-state index contributed by atoms with van der Waals surface area (Å²) in [6, 6.07) is 5.68. The molecule has 1 aromatic heterocycles. The molecule has 1 aromatic carbocycles. The number of rotatable bonds is 4. The Balaban J connectivity index is 1.63. The van der Waals surface area contributed by atoms with Gasteiger partial charge in [-0.1, -0.05) is 40.7 Å². The van der Waals surface area contributed by atoms with E-state index in [0.717, 1.165) is 59.8 Å². The highest BCUT2D eigenvalue weighted by molar-refractivity contribution is 6.74. The van der Waals surface area contributed by atoms with E-state index in [4.69, 9.17) is 23.6 Å². The van der Waals surface area contributed by atoms with Crippen LogP contribution in [0, 0.1) is 16.7 Å². The van der Waals surface area contributed by atoms with Gasteiger partial charge in [0, 0.05) is 62.0 Å². The first-order chi connectivity index (χ1) is 21.5. The van der Waals surface area contributed by atoms with Crippen molar-refractivity contribution in [1.82, 2.24) is 4.98 Å². The van der Waals surface area contributed by atoms with Gasteiger partial charge in [0.2, 0.25) is 0 Å². The van der Waals surface area contributed by atoms with Crippen LogP contribution in [0.5, 0.6) is 0 Å². The van der Waals surface area contributed by atoms with Gasteiger partial charge in [0.25, 0.3) is 0 Å². The maximum Gasteiger partial charge on any atom is 0.417 e. The summed E-state index contributed by atoms with van der Waals surface area (Å²) >= 11 is 0. The van der Waals surface area contributed by atoms with Gasteiger partial charge in [0.05, 0.1) is 34.6 Å². The molecule has 2 saturated heterocycles. The molecule has 4 heterocycles. The average molecular weight is 657 g/mol.